The average molecular weight is 304 g/mol. The Morgan fingerprint density at radius 3 is 2.86 bits per heavy atom. The molecular formula is C18H28N2O2. The second kappa shape index (κ2) is 11.8. The molecule has 0 aromatic heterocycles. The van der Waals surface area contributed by atoms with Gasteiger partial charge < -0.3 is 15.4 Å². The van der Waals surface area contributed by atoms with Crippen LogP contribution in [0.15, 0.2) is 36.9 Å². The van der Waals surface area contributed by atoms with Crippen LogP contribution in [0.25, 0.3) is 0 Å². The third-order valence-electron chi connectivity index (χ3n) is 3.23. The van der Waals surface area contributed by atoms with Crippen LogP contribution < -0.4 is 15.4 Å². The van der Waals surface area contributed by atoms with Crippen LogP contribution in [0.4, 0.5) is 5.69 Å². The molecule has 0 aliphatic carbocycles. The minimum atomic E-state index is -0.0329. The minimum Gasteiger partial charge on any atom is -0.489 e. The number of amides is 1. The van der Waals surface area contributed by atoms with Crippen LogP contribution in [0.2, 0.25) is 0 Å². The first-order valence-corrected chi connectivity index (χ1v) is 8.10. The molecule has 0 saturated heterocycles. The van der Waals surface area contributed by atoms with Crippen molar-refractivity contribution in [2.24, 2.45) is 0 Å². The number of unbranched alkanes of at least 4 members (excludes halogenated alkanes) is 4. The van der Waals surface area contributed by atoms with Gasteiger partial charge in [-0.15, -0.1) is 0 Å². The molecular weight excluding hydrogens is 276 g/mol. The first-order chi connectivity index (χ1) is 10.8. The van der Waals surface area contributed by atoms with Gasteiger partial charge in [0.1, 0.15) is 12.4 Å². The molecule has 1 amide bonds. The van der Waals surface area contributed by atoms with E-state index in [2.05, 4.69) is 24.1 Å². The molecule has 0 saturated carbocycles. The van der Waals surface area contributed by atoms with E-state index in [4.69, 9.17) is 4.74 Å². The Bertz CT molecular complexity index is 446. The third-order valence-corrected chi connectivity index (χ3v) is 3.23. The summed E-state index contributed by atoms with van der Waals surface area (Å²) in [5, 5.41) is 6.04. The van der Waals surface area contributed by atoms with Crippen molar-refractivity contribution in [1.29, 1.82) is 0 Å². The molecule has 1 rings (SSSR count). The van der Waals surface area contributed by atoms with Crippen molar-refractivity contribution < 1.29 is 9.53 Å². The predicted molar refractivity (Wildman–Crippen MR) is 92.4 cm³/mol. The number of anilines is 1. The van der Waals surface area contributed by atoms with Crippen molar-refractivity contribution in [3.8, 4) is 5.75 Å². The van der Waals surface area contributed by atoms with E-state index in [1.807, 2.05) is 24.3 Å². The zero-order valence-corrected chi connectivity index (χ0v) is 13.6. The predicted octanol–water partition coefficient (Wildman–Crippen LogP) is 3.75. The van der Waals surface area contributed by atoms with Crippen molar-refractivity contribution in [2.75, 3.05) is 25.0 Å². The molecule has 0 aliphatic rings. The van der Waals surface area contributed by atoms with Gasteiger partial charge in [-0.05, 0) is 25.1 Å². The van der Waals surface area contributed by atoms with Gasteiger partial charge in [0.15, 0.2) is 0 Å². The van der Waals surface area contributed by atoms with E-state index in [1.54, 1.807) is 6.08 Å². The maximum atomic E-state index is 11.8. The van der Waals surface area contributed by atoms with Crippen molar-refractivity contribution in [2.45, 2.75) is 39.0 Å². The summed E-state index contributed by atoms with van der Waals surface area (Å²) in [6, 6.07) is 7.37. The van der Waals surface area contributed by atoms with Crippen LogP contribution in [0.5, 0.6) is 5.75 Å². The SMILES string of the molecule is C=CCOc1cccc(NC(=O)CNCCCCCCC)c1. The summed E-state index contributed by atoms with van der Waals surface area (Å²) < 4.78 is 5.44. The van der Waals surface area contributed by atoms with Gasteiger partial charge >= 0.3 is 0 Å². The lowest BCUT2D eigenvalue weighted by Crippen LogP contribution is -2.28. The third kappa shape index (κ3) is 8.47. The summed E-state index contributed by atoms with van der Waals surface area (Å²) in [5.41, 5.74) is 0.747. The highest BCUT2D eigenvalue weighted by atomic mass is 16.5. The lowest BCUT2D eigenvalue weighted by molar-refractivity contribution is -0.115. The van der Waals surface area contributed by atoms with Crippen LogP contribution >= 0.6 is 0 Å². The van der Waals surface area contributed by atoms with Gasteiger partial charge in [0.05, 0.1) is 6.54 Å². The van der Waals surface area contributed by atoms with E-state index in [9.17, 15) is 4.79 Å². The van der Waals surface area contributed by atoms with Crippen LogP contribution in [0.3, 0.4) is 0 Å². The monoisotopic (exact) mass is 304 g/mol. The molecule has 4 heteroatoms. The van der Waals surface area contributed by atoms with E-state index >= 15 is 0 Å². The number of carbonyl (C=O) groups excluding carboxylic acids is 1. The maximum Gasteiger partial charge on any atom is 0.238 e. The Labute approximate surface area is 133 Å². The van der Waals surface area contributed by atoms with Crippen LogP contribution in [-0.4, -0.2) is 25.6 Å². The molecule has 0 heterocycles. The number of hydrogen-bond donors (Lipinski definition) is 2. The molecule has 4 nitrogen and oxygen atoms in total. The first-order valence-electron chi connectivity index (χ1n) is 8.10. The summed E-state index contributed by atoms with van der Waals surface area (Å²) in [6.07, 6.45) is 7.87. The highest BCUT2D eigenvalue weighted by molar-refractivity contribution is 5.92. The van der Waals surface area contributed by atoms with Gasteiger partial charge in [0.2, 0.25) is 5.91 Å². The Hall–Kier alpha value is -1.81. The zero-order valence-electron chi connectivity index (χ0n) is 13.6. The van der Waals surface area contributed by atoms with Crippen LogP contribution in [0, 0.1) is 0 Å². The molecule has 122 valence electrons. The summed E-state index contributed by atoms with van der Waals surface area (Å²) in [5.74, 6) is 0.691. The van der Waals surface area contributed by atoms with Crippen molar-refractivity contribution in [1.82, 2.24) is 5.32 Å². The normalized spacial score (nSPS) is 10.2. The highest BCUT2D eigenvalue weighted by Gasteiger charge is 2.02. The number of ether oxygens (including phenoxy) is 1. The number of nitrogens with one attached hydrogen (secondary N) is 2. The Morgan fingerprint density at radius 2 is 2.09 bits per heavy atom. The molecule has 0 atom stereocenters. The number of rotatable bonds is 12. The molecule has 0 unspecified atom stereocenters. The fourth-order valence-corrected chi connectivity index (χ4v) is 2.08. The number of benzene rings is 1. The molecule has 0 spiro atoms. The first kappa shape index (κ1) is 18.2. The van der Waals surface area contributed by atoms with E-state index in [0.717, 1.165) is 24.4 Å². The highest BCUT2D eigenvalue weighted by Crippen LogP contribution is 2.17. The van der Waals surface area contributed by atoms with Crippen LogP contribution in [-0.2, 0) is 4.79 Å². The summed E-state index contributed by atoms with van der Waals surface area (Å²) in [7, 11) is 0. The summed E-state index contributed by atoms with van der Waals surface area (Å²) >= 11 is 0. The zero-order chi connectivity index (χ0) is 16.0. The average Bonchev–Trinajstić information content (AvgIpc) is 2.52. The molecule has 0 fully saturated rings. The summed E-state index contributed by atoms with van der Waals surface area (Å²) in [4.78, 5) is 11.8. The molecule has 1 aromatic carbocycles. The van der Waals surface area contributed by atoms with Crippen LogP contribution in [0.1, 0.15) is 39.0 Å². The fraction of sp³-hybridized carbons (Fsp3) is 0.500. The van der Waals surface area contributed by atoms with E-state index in [-0.39, 0.29) is 5.91 Å². The van der Waals surface area contributed by atoms with Gasteiger partial charge in [-0.2, -0.15) is 0 Å². The van der Waals surface area contributed by atoms with Gasteiger partial charge in [-0.25, -0.2) is 0 Å². The maximum absolute atomic E-state index is 11.8. The van der Waals surface area contributed by atoms with E-state index in [0.29, 0.717) is 13.2 Å². The van der Waals surface area contributed by atoms with Gasteiger partial charge in [-0.1, -0.05) is 51.3 Å². The Kier molecular flexibility index (Phi) is 9.79. The second-order valence-corrected chi connectivity index (χ2v) is 5.27. The lowest BCUT2D eigenvalue weighted by atomic mass is 10.1. The standard InChI is InChI=1S/C18H28N2O2/c1-3-5-6-7-8-12-19-15-18(21)20-16-10-9-11-17(14-16)22-13-4-2/h4,9-11,14,19H,2-3,5-8,12-13,15H2,1H3,(H,20,21). The Balaban J connectivity index is 2.20. The van der Waals surface area contributed by atoms with Crippen molar-refractivity contribution in [3.05, 3.63) is 36.9 Å². The van der Waals surface area contributed by atoms with E-state index in [1.165, 1.54) is 25.7 Å². The molecule has 1 aromatic rings. The van der Waals surface area contributed by atoms with Crippen molar-refractivity contribution >= 4 is 11.6 Å². The quantitative estimate of drug-likeness (QED) is 0.457. The largest absolute Gasteiger partial charge is 0.489 e. The van der Waals surface area contributed by atoms with Crippen molar-refractivity contribution in [3.63, 3.8) is 0 Å². The fourth-order valence-electron chi connectivity index (χ4n) is 2.08. The molecule has 0 aliphatic heterocycles. The molecule has 22 heavy (non-hydrogen) atoms. The number of hydrogen-bond acceptors (Lipinski definition) is 3. The molecule has 0 radical (unpaired) electrons. The summed E-state index contributed by atoms with van der Waals surface area (Å²) in [6.45, 7) is 7.50. The topological polar surface area (TPSA) is 50.4 Å². The lowest BCUT2D eigenvalue weighted by Gasteiger charge is -2.09. The van der Waals surface area contributed by atoms with Gasteiger partial charge in [0, 0.05) is 11.8 Å². The smallest absolute Gasteiger partial charge is 0.238 e. The number of carbonyl (C=O) groups is 1. The minimum absolute atomic E-state index is 0.0329. The second-order valence-electron chi connectivity index (χ2n) is 5.27. The molecule has 2 N–H and O–H groups in total. The van der Waals surface area contributed by atoms with Gasteiger partial charge in [-0.3, -0.25) is 4.79 Å². The van der Waals surface area contributed by atoms with E-state index < -0.39 is 0 Å². The Morgan fingerprint density at radius 1 is 1.27 bits per heavy atom. The molecule has 0 bridgehead atoms. The van der Waals surface area contributed by atoms with Gasteiger partial charge in [0.25, 0.3) is 0 Å².